The van der Waals surface area contributed by atoms with E-state index in [4.69, 9.17) is 15.0 Å². The SMILES string of the molecule is CC1(C)c2ccccc2-c2ccc(-n3c4ccccc4c4ccc(-c5ccc6c(c5)c5ccccc5n6-c5cccc(-c6nc(-c7cccc(-n8c9ccccc9c9cc(-c%10ccc%11c%12ccccc%12n(-c%12ccc%13c(c%12)C(C)(C)c%12ccccc%12-%13)c%11c%10)ccc98)c7)nc(-c7cccc(-n8c9ccccc9c9cc(-c%10ccc%11c%12ccccc%12n(-c%12ccc%13c(c%12)C(C)(C)c%12ccccc%12-%13)c%11c%10)ccc98)c7)n6)c5)cc43)cc21. The molecule has 0 radical (unpaired) electrons. The first-order valence-corrected chi connectivity index (χ1v) is 51.2. The van der Waals surface area contributed by atoms with Gasteiger partial charge in [-0.05, 0) is 264 Å². The Balaban J connectivity index is 0.533. The zero-order chi connectivity index (χ0) is 97.3. The molecule has 7 aromatic heterocycles. The molecule has 31 rings (SSSR count). The maximum Gasteiger partial charge on any atom is 0.164 e. The average molecular weight is 1880 g/mol. The van der Waals surface area contributed by atoms with Crippen molar-refractivity contribution in [3.8, 4) is 135 Å². The Kier molecular flexibility index (Phi) is 17.4. The number of hydrogen-bond acceptors (Lipinski definition) is 3. The Bertz CT molecular complexity index is 9690. The largest absolute Gasteiger partial charge is 0.309 e. The van der Waals surface area contributed by atoms with E-state index in [1.165, 1.54) is 132 Å². The molecular weight excluding hydrogens is 1780 g/mol. The van der Waals surface area contributed by atoms with Crippen molar-refractivity contribution in [3.63, 3.8) is 0 Å². The molecule has 9 heteroatoms. The Labute approximate surface area is 848 Å². The Morgan fingerprint density at radius 1 is 0.136 bits per heavy atom. The van der Waals surface area contributed by atoms with E-state index >= 15 is 0 Å². The second-order valence-corrected chi connectivity index (χ2v) is 42.2. The molecule has 7 heterocycles. The van der Waals surface area contributed by atoms with Crippen molar-refractivity contribution in [1.29, 1.82) is 0 Å². The molecule has 28 aromatic rings. The van der Waals surface area contributed by atoms with E-state index in [-0.39, 0.29) is 16.2 Å². The molecule has 0 amide bonds. The van der Waals surface area contributed by atoms with Crippen LogP contribution in [0.3, 0.4) is 0 Å². The highest BCUT2D eigenvalue weighted by Crippen LogP contribution is 2.55. The van der Waals surface area contributed by atoms with Gasteiger partial charge in [0.05, 0.1) is 66.2 Å². The van der Waals surface area contributed by atoms with Gasteiger partial charge in [0.1, 0.15) is 0 Å². The molecule has 0 aliphatic heterocycles. The third-order valence-electron chi connectivity index (χ3n) is 33.2. The molecule has 0 N–H and O–H groups in total. The molecule has 0 bridgehead atoms. The fourth-order valence-electron chi connectivity index (χ4n) is 26.2. The maximum atomic E-state index is 5.67. The molecule has 3 aliphatic carbocycles. The van der Waals surface area contributed by atoms with Gasteiger partial charge in [0.15, 0.2) is 17.5 Å². The fourth-order valence-corrected chi connectivity index (χ4v) is 26.2. The first-order chi connectivity index (χ1) is 72.1. The number of hydrogen-bond donors (Lipinski definition) is 0. The highest BCUT2D eigenvalue weighted by molar-refractivity contribution is 6.18. The van der Waals surface area contributed by atoms with Gasteiger partial charge in [-0.25, -0.2) is 15.0 Å². The molecular formula is C138H93N9. The normalized spacial score (nSPS) is 13.7. The molecule has 0 fully saturated rings. The summed E-state index contributed by atoms with van der Waals surface area (Å²) in [6, 6.07) is 170. The molecule has 0 saturated heterocycles. The van der Waals surface area contributed by atoms with Crippen molar-refractivity contribution in [3.05, 3.63) is 488 Å². The lowest BCUT2D eigenvalue weighted by Crippen LogP contribution is -2.15. The van der Waals surface area contributed by atoms with E-state index < -0.39 is 0 Å². The Morgan fingerprint density at radius 3 is 0.633 bits per heavy atom. The van der Waals surface area contributed by atoms with Crippen LogP contribution in [0.15, 0.2) is 455 Å². The zero-order valence-corrected chi connectivity index (χ0v) is 81.8. The van der Waals surface area contributed by atoms with Crippen LogP contribution >= 0.6 is 0 Å². The first kappa shape index (κ1) is 83.1. The van der Waals surface area contributed by atoms with Crippen molar-refractivity contribution in [1.82, 2.24) is 42.4 Å². The zero-order valence-electron chi connectivity index (χ0n) is 81.8. The summed E-state index contributed by atoms with van der Waals surface area (Å²) in [5.74, 6) is 1.65. The molecule has 21 aromatic carbocycles. The second kappa shape index (κ2) is 30.7. The highest BCUT2D eigenvalue weighted by atomic mass is 15.1. The van der Waals surface area contributed by atoms with E-state index in [1.807, 2.05) is 0 Å². The van der Waals surface area contributed by atoms with E-state index in [0.717, 1.165) is 150 Å². The quantitative estimate of drug-likeness (QED) is 0.122. The fraction of sp³-hybridized carbons (Fsp3) is 0.0652. The molecule has 0 atom stereocenters. The van der Waals surface area contributed by atoms with Crippen LogP contribution in [0.2, 0.25) is 0 Å². The summed E-state index contributed by atoms with van der Waals surface area (Å²) in [5, 5.41) is 14.3. The predicted octanol–water partition coefficient (Wildman–Crippen LogP) is 35.4. The summed E-state index contributed by atoms with van der Waals surface area (Å²) in [7, 11) is 0. The second-order valence-electron chi connectivity index (χ2n) is 42.2. The van der Waals surface area contributed by atoms with Crippen LogP contribution in [0.4, 0.5) is 0 Å². The van der Waals surface area contributed by atoms with Crippen molar-refractivity contribution < 1.29 is 0 Å². The van der Waals surface area contributed by atoms with Crippen LogP contribution in [0.25, 0.3) is 266 Å². The minimum atomic E-state index is -0.146. The van der Waals surface area contributed by atoms with Gasteiger partial charge in [0.2, 0.25) is 0 Å². The molecule has 9 nitrogen and oxygen atoms in total. The summed E-state index contributed by atoms with van der Waals surface area (Å²) in [6.07, 6.45) is 0. The molecule has 0 saturated carbocycles. The van der Waals surface area contributed by atoms with Gasteiger partial charge in [-0.15, -0.1) is 0 Å². The van der Waals surface area contributed by atoms with Crippen molar-refractivity contribution in [2.45, 2.75) is 57.8 Å². The van der Waals surface area contributed by atoms with Gasteiger partial charge >= 0.3 is 0 Å². The number of fused-ring (bicyclic) bond motifs is 27. The molecule has 0 unspecified atom stereocenters. The first-order valence-electron chi connectivity index (χ1n) is 51.2. The minimum absolute atomic E-state index is 0.146. The minimum Gasteiger partial charge on any atom is -0.309 e. The predicted molar refractivity (Wildman–Crippen MR) is 611 cm³/mol. The lowest BCUT2D eigenvalue weighted by Gasteiger charge is -2.22. The van der Waals surface area contributed by atoms with Gasteiger partial charge in [0.25, 0.3) is 0 Å². The van der Waals surface area contributed by atoms with E-state index in [0.29, 0.717) is 17.5 Å². The lowest BCUT2D eigenvalue weighted by atomic mass is 9.82. The summed E-state index contributed by atoms with van der Waals surface area (Å²) >= 11 is 0. The number of para-hydroxylation sites is 6. The van der Waals surface area contributed by atoms with Crippen molar-refractivity contribution in [2.75, 3.05) is 0 Å². The summed E-state index contributed by atoms with van der Waals surface area (Å²) < 4.78 is 14.7. The monoisotopic (exact) mass is 1880 g/mol. The molecule has 690 valence electrons. The van der Waals surface area contributed by atoms with E-state index in [9.17, 15) is 0 Å². The Morgan fingerprint density at radius 2 is 0.347 bits per heavy atom. The van der Waals surface area contributed by atoms with Crippen LogP contribution in [0, 0.1) is 0 Å². The number of rotatable bonds is 12. The average Bonchev–Trinajstić information content (AvgIpc) is 1.55. The van der Waals surface area contributed by atoms with Crippen LogP contribution < -0.4 is 0 Å². The highest BCUT2D eigenvalue weighted by Gasteiger charge is 2.40. The van der Waals surface area contributed by atoms with Crippen LogP contribution in [-0.4, -0.2) is 42.4 Å². The van der Waals surface area contributed by atoms with Gasteiger partial charge in [0, 0.05) is 132 Å². The summed E-state index contributed by atoms with van der Waals surface area (Å²) in [6.45, 7) is 14.2. The van der Waals surface area contributed by atoms with E-state index in [1.54, 1.807) is 0 Å². The summed E-state index contributed by atoms with van der Waals surface area (Å²) in [4.78, 5) is 17.0. The summed E-state index contributed by atoms with van der Waals surface area (Å²) in [5.41, 5.74) is 45.1. The van der Waals surface area contributed by atoms with Gasteiger partial charge in [-0.1, -0.05) is 333 Å². The standard InChI is InChI=1S/C138H93N9/c1-136(2)115-43-16-7-34-97(115)100-64-58-94(79-118(100)136)145-121-46-19-10-37-103(121)109-61-52-85(76-130(109)145)82-55-67-127-112(73-82)106-40-13-22-49-124(106)142(127)91-31-25-28-88(70-91)133-139-134(89-29-26-32-92(71-89)143-125-50-23-14-41-107(125)113-74-83(56-68-128(113)143)86-53-62-110-104-38-11-20-47-122(104)146(131(110)77-86)95-59-65-101-98-35-8-17-44-116(98)137(3,4)119(101)80-95)141-135(140-133)90-30-27-33-93(72-90)144-126-51-24-15-42-108(126)114-75-84(57-69-129(114)144)87-54-63-111-105-39-12-21-48-123(105)147(132(111)78-87)96-60-66-102-99-36-9-18-45-117(99)138(5,6)120(102)81-96/h7-81H,1-6H3. The van der Waals surface area contributed by atoms with Crippen LogP contribution in [-0.2, 0) is 16.2 Å². The van der Waals surface area contributed by atoms with Crippen molar-refractivity contribution in [2.24, 2.45) is 0 Å². The Hall–Kier alpha value is -18.6. The molecule has 0 spiro atoms. The number of nitrogens with zero attached hydrogens (tertiary/aromatic N) is 9. The molecule has 147 heavy (non-hydrogen) atoms. The molecule has 3 aliphatic rings. The topological polar surface area (TPSA) is 68.2 Å². The van der Waals surface area contributed by atoms with Crippen LogP contribution in [0.5, 0.6) is 0 Å². The third kappa shape index (κ3) is 12.1. The van der Waals surface area contributed by atoms with Gasteiger partial charge in [-0.2, -0.15) is 0 Å². The number of aromatic nitrogens is 9. The smallest absolute Gasteiger partial charge is 0.164 e. The van der Waals surface area contributed by atoms with E-state index in [2.05, 4.69) is 524 Å². The lowest BCUT2D eigenvalue weighted by molar-refractivity contribution is 0.660. The third-order valence-corrected chi connectivity index (χ3v) is 33.2. The van der Waals surface area contributed by atoms with Crippen molar-refractivity contribution >= 4 is 131 Å². The van der Waals surface area contributed by atoms with Gasteiger partial charge < -0.3 is 27.4 Å². The number of benzene rings is 21. The van der Waals surface area contributed by atoms with Gasteiger partial charge in [-0.3, -0.25) is 0 Å². The van der Waals surface area contributed by atoms with Crippen LogP contribution in [0.1, 0.15) is 74.9 Å². The maximum absolute atomic E-state index is 5.67.